The van der Waals surface area contributed by atoms with Gasteiger partial charge in [0.25, 0.3) is 5.91 Å². The molecule has 9 nitrogen and oxygen atoms in total. The van der Waals surface area contributed by atoms with E-state index in [0.29, 0.717) is 49.3 Å². The van der Waals surface area contributed by atoms with Crippen LogP contribution in [-0.4, -0.2) is 75.5 Å². The number of anilines is 2. The summed E-state index contributed by atoms with van der Waals surface area (Å²) in [6.45, 7) is 5.53. The number of rotatable bonds is 5. The molecule has 2 aliphatic rings. The first-order chi connectivity index (χ1) is 17.2. The van der Waals surface area contributed by atoms with Gasteiger partial charge < -0.3 is 15.0 Å². The number of hydrogen-bond acceptors (Lipinski definition) is 7. The van der Waals surface area contributed by atoms with Crippen LogP contribution in [0.25, 0.3) is 11.3 Å². The summed E-state index contributed by atoms with van der Waals surface area (Å²) in [5.41, 5.74) is 0.129. The van der Waals surface area contributed by atoms with Gasteiger partial charge in [0.15, 0.2) is 5.69 Å². The van der Waals surface area contributed by atoms with Gasteiger partial charge in [-0.1, -0.05) is 6.07 Å². The van der Waals surface area contributed by atoms with Crippen LogP contribution in [0.5, 0.6) is 0 Å². The molecule has 0 saturated carbocycles. The Hall–Kier alpha value is -3.51. The van der Waals surface area contributed by atoms with Crippen molar-refractivity contribution < 1.29 is 22.7 Å². The van der Waals surface area contributed by atoms with Crippen molar-refractivity contribution in [1.82, 2.24) is 24.6 Å². The van der Waals surface area contributed by atoms with E-state index in [1.54, 1.807) is 36.3 Å². The number of ether oxygens (including phenoxy) is 1. The highest BCUT2D eigenvalue weighted by atomic mass is 19.4. The minimum Gasteiger partial charge on any atom is -0.378 e. The zero-order chi connectivity index (χ0) is 25.4. The van der Waals surface area contributed by atoms with Gasteiger partial charge in [-0.15, -0.1) is 0 Å². The number of aromatic nitrogens is 4. The molecule has 12 heteroatoms. The van der Waals surface area contributed by atoms with E-state index < -0.39 is 23.5 Å². The third-order valence-corrected chi connectivity index (χ3v) is 6.51. The van der Waals surface area contributed by atoms with Crippen molar-refractivity contribution in [1.29, 1.82) is 0 Å². The molecule has 0 unspecified atom stereocenters. The lowest BCUT2D eigenvalue weighted by atomic mass is 10.1. The van der Waals surface area contributed by atoms with Gasteiger partial charge >= 0.3 is 6.18 Å². The van der Waals surface area contributed by atoms with Gasteiger partial charge in [-0.25, -0.2) is 9.97 Å². The fourth-order valence-corrected chi connectivity index (χ4v) is 4.57. The van der Waals surface area contributed by atoms with Crippen LogP contribution in [0.15, 0.2) is 42.9 Å². The lowest BCUT2D eigenvalue weighted by Gasteiger charge is -2.47. The maximum atomic E-state index is 13.7. The van der Waals surface area contributed by atoms with Crippen LogP contribution in [0, 0.1) is 0 Å². The second kappa shape index (κ2) is 9.51. The number of nitrogens with zero attached hydrogens (tertiary/aromatic N) is 6. The van der Waals surface area contributed by atoms with Crippen molar-refractivity contribution in [2.75, 3.05) is 43.1 Å². The predicted molar refractivity (Wildman–Crippen MR) is 127 cm³/mol. The number of nitrogens with one attached hydrogen (secondary N) is 1. The van der Waals surface area contributed by atoms with E-state index in [9.17, 15) is 18.0 Å². The van der Waals surface area contributed by atoms with Crippen LogP contribution < -0.4 is 10.2 Å². The molecule has 3 aromatic rings. The molecule has 0 aromatic carbocycles. The number of pyridine rings is 2. The molecular weight excluding hydrogens is 475 g/mol. The highest BCUT2D eigenvalue weighted by Gasteiger charge is 2.38. The Morgan fingerprint density at radius 3 is 2.64 bits per heavy atom. The Balaban J connectivity index is 1.38. The molecule has 1 atom stereocenters. The fourth-order valence-electron chi connectivity index (χ4n) is 4.57. The van der Waals surface area contributed by atoms with Crippen molar-refractivity contribution in [2.45, 2.75) is 25.2 Å². The summed E-state index contributed by atoms with van der Waals surface area (Å²) in [6.07, 6.45) is -0.188. The molecule has 190 valence electrons. The highest BCUT2D eigenvalue weighted by molar-refractivity contribution is 6.03. The average molecular weight is 502 g/mol. The zero-order valence-corrected chi connectivity index (χ0v) is 19.9. The molecule has 5 rings (SSSR count). The summed E-state index contributed by atoms with van der Waals surface area (Å²) in [7, 11) is 1.75. The Labute approximate surface area is 205 Å². The minimum atomic E-state index is -4.73. The van der Waals surface area contributed by atoms with Gasteiger partial charge in [0.2, 0.25) is 0 Å². The van der Waals surface area contributed by atoms with Crippen LogP contribution in [0.2, 0.25) is 0 Å². The number of aryl methyl sites for hydroxylation is 1. The highest BCUT2D eigenvalue weighted by Crippen LogP contribution is 2.36. The van der Waals surface area contributed by atoms with Crippen molar-refractivity contribution in [3.63, 3.8) is 0 Å². The first kappa shape index (κ1) is 24.2. The van der Waals surface area contributed by atoms with E-state index in [2.05, 4.69) is 32.2 Å². The Morgan fingerprint density at radius 1 is 1.19 bits per heavy atom. The van der Waals surface area contributed by atoms with Crippen LogP contribution >= 0.6 is 0 Å². The number of halogens is 3. The molecule has 3 aromatic heterocycles. The molecule has 5 heterocycles. The summed E-state index contributed by atoms with van der Waals surface area (Å²) in [5, 5.41) is 6.48. The van der Waals surface area contributed by atoms with E-state index in [0.717, 1.165) is 6.54 Å². The van der Waals surface area contributed by atoms with Crippen LogP contribution in [0.3, 0.4) is 0 Å². The lowest BCUT2D eigenvalue weighted by Crippen LogP contribution is -2.60. The van der Waals surface area contributed by atoms with E-state index >= 15 is 0 Å². The van der Waals surface area contributed by atoms with Crippen LogP contribution in [-0.2, 0) is 18.0 Å². The number of alkyl halides is 3. The van der Waals surface area contributed by atoms with Gasteiger partial charge in [0, 0.05) is 44.5 Å². The molecule has 1 amide bonds. The maximum absolute atomic E-state index is 13.7. The lowest BCUT2D eigenvalue weighted by molar-refractivity contribution is -0.140. The van der Waals surface area contributed by atoms with Crippen molar-refractivity contribution >= 4 is 17.3 Å². The second-order valence-electron chi connectivity index (χ2n) is 9.08. The molecular formula is C24H26F3N7O2. The summed E-state index contributed by atoms with van der Waals surface area (Å²) >= 11 is 0. The van der Waals surface area contributed by atoms with Gasteiger partial charge in [-0.2, -0.15) is 18.3 Å². The number of piperazine rings is 1. The molecule has 2 fully saturated rings. The zero-order valence-electron chi connectivity index (χ0n) is 19.9. The topological polar surface area (TPSA) is 88.4 Å². The number of hydrogen-bond donors (Lipinski definition) is 1. The molecule has 2 aliphatic heterocycles. The van der Waals surface area contributed by atoms with Gasteiger partial charge in [-0.3, -0.25) is 14.4 Å². The fraction of sp³-hybridized carbons (Fsp3) is 0.417. The first-order valence-corrected chi connectivity index (χ1v) is 11.6. The van der Waals surface area contributed by atoms with Crippen molar-refractivity contribution in [3.05, 3.63) is 54.2 Å². The van der Waals surface area contributed by atoms with E-state index in [1.807, 2.05) is 4.90 Å². The molecule has 2 saturated heterocycles. The van der Waals surface area contributed by atoms with Crippen LogP contribution in [0.4, 0.5) is 24.5 Å². The SMILES string of the molecule is C[C@H]1CN(c2cnc(C(F)(F)F)c(NC(=O)c3cccc(-c4cnn(C)c4)n3)c2)CCN1C1COC1. The normalized spacial score (nSPS) is 19.2. The molecule has 0 radical (unpaired) electrons. The summed E-state index contributed by atoms with van der Waals surface area (Å²) < 4.78 is 48.1. The van der Waals surface area contributed by atoms with E-state index in [4.69, 9.17) is 4.74 Å². The number of carbonyl (C=O) groups excluding carboxylic acids is 1. The summed E-state index contributed by atoms with van der Waals surface area (Å²) in [4.78, 5) is 25.3. The Bertz CT molecular complexity index is 1260. The van der Waals surface area contributed by atoms with Gasteiger partial charge in [-0.05, 0) is 25.1 Å². The molecule has 0 aliphatic carbocycles. The predicted octanol–water partition coefficient (Wildman–Crippen LogP) is 3.06. The monoisotopic (exact) mass is 501 g/mol. The molecule has 0 spiro atoms. The summed E-state index contributed by atoms with van der Waals surface area (Å²) in [5.74, 6) is -0.756. The largest absolute Gasteiger partial charge is 0.435 e. The molecule has 0 bridgehead atoms. The second-order valence-corrected chi connectivity index (χ2v) is 9.08. The average Bonchev–Trinajstić information content (AvgIpc) is 3.25. The van der Waals surface area contributed by atoms with E-state index in [1.165, 1.54) is 18.3 Å². The van der Waals surface area contributed by atoms with Gasteiger partial charge in [0.05, 0.1) is 48.7 Å². The van der Waals surface area contributed by atoms with Gasteiger partial charge in [0.1, 0.15) is 5.69 Å². The van der Waals surface area contributed by atoms with Crippen molar-refractivity contribution in [2.24, 2.45) is 7.05 Å². The van der Waals surface area contributed by atoms with Crippen molar-refractivity contribution in [3.8, 4) is 11.3 Å². The maximum Gasteiger partial charge on any atom is 0.435 e. The Morgan fingerprint density at radius 2 is 2.00 bits per heavy atom. The minimum absolute atomic E-state index is 0.0140. The smallest absolute Gasteiger partial charge is 0.378 e. The quantitative estimate of drug-likeness (QED) is 0.575. The first-order valence-electron chi connectivity index (χ1n) is 11.6. The Kier molecular flexibility index (Phi) is 6.39. The molecule has 1 N–H and O–H groups in total. The summed E-state index contributed by atoms with van der Waals surface area (Å²) in [6, 6.07) is 6.70. The number of amides is 1. The standard InChI is InChI=1S/C24H26F3N7O2/c1-15-11-33(6-7-34(15)18-13-36-14-18)17-8-21(22(28-10-17)24(25,26)27)31-23(35)20-5-3-4-19(30-20)16-9-29-32(2)12-16/h3-5,8-10,12,15,18H,6-7,11,13-14H2,1-2H3,(H,31,35)/t15-/m0/s1. The molecule has 36 heavy (non-hydrogen) atoms. The third kappa shape index (κ3) is 4.91. The third-order valence-electron chi connectivity index (χ3n) is 6.51. The van der Waals surface area contributed by atoms with Crippen LogP contribution in [0.1, 0.15) is 23.1 Å². The number of carbonyl (C=O) groups is 1. The van der Waals surface area contributed by atoms with E-state index in [-0.39, 0.29) is 11.7 Å².